The highest BCUT2D eigenvalue weighted by molar-refractivity contribution is 7.26. The minimum Gasteiger partial charge on any atom is -0.228 e. The molecule has 0 amide bonds. The van der Waals surface area contributed by atoms with E-state index in [9.17, 15) is 0 Å². The number of nitrogens with zero attached hydrogens (tertiary/aromatic N) is 2. The molecule has 0 aliphatic heterocycles. The molecular weight excluding hydrogens is 573 g/mol. The van der Waals surface area contributed by atoms with Crippen LogP contribution in [0.15, 0.2) is 146 Å². The molecule has 0 spiro atoms. The maximum atomic E-state index is 5.19. The molecule has 3 aromatic heterocycles. The van der Waals surface area contributed by atoms with Crippen molar-refractivity contribution in [3.8, 4) is 45.0 Å². The van der Waals surface area contributed by atoms with Gasteiger partial charge in [0.25, 0.3) is 0 Å². The predicted molar refractivity (Wildman–Crippen MR) is 190 cm³/mol. The number of hydrogen-bond donors (Lipinski definition) is 0. The van der Waals surface area contributed by atoms with Gasteiger partial charge in [0, 0.05) is 57.0 Å². The fraction of sp³-hybridized carbons (Fsp3) is 0. The molecule has 2 nitrogen and oxygen atoms in total. The number of thiophene rings is 2. The molecule has 6 aromatic carbocycles. The van der Waals surface area contributed by atoms with Crippen LogP contribution in [0.3, 0.4) is 0 Å². The van der Waals surface area contributed by atoms with Gasteiger partial charge in [-0.15, -0.1) is 22.7 Å². The first-order chi connectivity index (χ1) is 21.8. The molecule has 0 atom stereocenters. The van der Waals surface area contributed by atoms with Gasteiger partial charge in [-0.3, -0.25) is 0 Å². The van der Waals surface area contributed by atoms with Gasteiger partial charge in [0.2, 0.25) is 0 Å². The predicted octanol–water partition coefficient (Wildman–Crippen LogP) is 11.9. The fourth-order valence-corrected chi connectivity index (χ4v) is 8.32. The van der Waals surface area contributed by atoms with Crippen LogP contribution in [0, 0.1) is 0 Å². The second-order valence-corrected chi connectivity index (χ2v) is 13.2. The van der Waals surface area contributed by atoms with Crippen molar-refractivity contribution in [2.24, 2.45) is 0 Å². The highest BCUT2D eigenvalue weighted by atomic mass is 32.1. The molecule has 0 bridgehead atoms. The lowest BCUT2D eigenvalue weighted by Crippen LogP contribution is -1.96. The van der Waals surface area contributed by atoms with Crippen molar-refractivity contribution in [2.45, 2.75) is 0 Å². The van der Waals surface area contributed by atoms with Crippen LogP contribution < -0.4 is 0 Å². The van der Waals surface area contributed by atoms with Crippen molar-refractivity contribution >= 4 is 63.0 Å². The largest absolute Gasteiger partial charge is 0.228 e. The van der Waals surface area contributed by atoms with Crippen LogP contribution >= 0.6 is 22.7 Å². The van der Waals surface area contributed by atoms with Gasteiger partial charge < -0.3 is 0 Å². The average molecular weight is 597 g/mol. The molecule has 0 aliphatic carbocycles. The van der Waals surface area contributed by atoms with Crippen molar-refractivity contribution in [3.05, 3.63) is 146 Å². The number of aromatic nitrogens is 2. The second kappa shape index (κ2) is 10.2. The van der Waals surface area contributed by atoms with E-state index < -0.39 is 0 Å². The summed E-state index contributed by atoms with van der Waals surface area (Å²) in [4.78, 5) is 10.4. The first-order valence-electron chi connectivity index (χ1n) is 14.7. The summed E-state index contributed by atoms with van der Waals surface area (Å²) in [6.07, 6.45) is 0. The lowest BCUT2D eigenvalue weighted by Gasteiger charge is -2.11. The highest BCUT2D eigenvalue weighted by Crippen LogP contribution is 2.39. The van der Waals surface area contributed by atoms with Gasteiger partial charge >= 0.3 is 0 Å². The molecular formula is C40H24N2S2. The lowest BCUT2D eigenvalue weighted by molar-refractivity contribution is 1.19. The first kappa shape index (κ1) is 25.3. The van der Waals surface area contributed by atoms with Gasteiger partial charge in [0.1, 0.15) is 0 Å². The molecule has 0 unspecified atom stereocenters. The summed E-state index contributed by atoms with van der Waals surface area (Å²) in [5, 5.41) is 5.11. The third kappa shape index (κ3) is 4.31. The Morgan fingerprint density at radius 1 is 0.318 bits per heavy atom. The van der Waals surface area contributed by atoms with Gasteiger partial charge in [-0.1, -0.05) is 103 Å². The summed E-state index contributed by atoms with van der Waals surface area (Å²) in [6, 6.07) is 51.9. The van der Waals surface area contributed by atoms with Crippen LogP contribution in [0.25, 0.3) is 85.4 Å². The number of rotatable bonds is 4. The molecule has 44 heavy (non-hydrogen) atoms. The zero-order chi connectivity index (χ0) is 29.0. The van der Waals surface area contributed by atoms with Crippen molar-refractivity contribution in [2.75, 3.05) is 0 Å². The van der Waals surface area contributed by atoms with E-state index in [2.05, 4.69) is 140 Å². The third-order valence-electron chi connectivity index (χ3n) is 8.32. The Morgan fingerprint density at radius 3 is 1.61 bits per heavy atom. The van der Waals surface area contributed by atoms with Crippen molar-refractivity contribution in [3.63, 3.8) is 0 Å². The van der Waals surface area contributed by atoms with E-state index in [0.29, 0.717) is 0 Å². The van der Waals surface area contributed by atoms with Gasteiger partial charge in [-0.25, -0.2) is 9.97 Å². The smallest absolute Gasteiger partial charge is 0.160 e. The Bertz CT molecular complexity index is 2490. The van der Waals surface area contributed by atoms with Crippen LogP contribution in [0.4, 0.5) is 0 Å². The Labute approximate surface area is 262 Å². The van der Waals surface area contributed by atoms with E-state index in [4.69, 9.17) is 9.97 Å². The molecule has 0 aliphatic rings. The highest BCUT2D eigenvalue weighted by Gasteiger charge is 2.14. The summed E-state index contributed by atoms with van der Waals surface area (Å²) in [7, 11) is 0. The monoisotopic (exact) mass is 596 g/mol. The Kier molecular flexibility index (Phi) is 5.90. The number of benzene rings is 6. The molecule has 0 N–H and O–H groups in total. The van der Waals surface area contributed by atoms with Gasteiger partial charge in [0.15, 0.2) is 5.82 Å². The molecule has 0 radical (unpaired) electrons. The van der Waals surface area contributed by atoms with Gasteiger partial charge in [0.05, 0.1) is 11.4 Å². The van der Waals surface area contributed by atoms with Crippen molar-refractivity contribution in [1.29, 1.82) is 0 Å². The molecule has 206 valence electrons. The lowest BCUT2D eigenvalue weighted by atomic mass is 10.0. The van der Waals surface area contributed by atoms with Crippen LogP contribution in [-0.2, 0) is 0 Å². The molecule has 9 rings (SSSR count). The maximum absolute atomic E-state index is 5.19. The van der Waals surface area contributed by atoms with E-state index in [1.54, 1.807) is 0 Å². The summed E-state index contributed by atoms with van der Waals surface area (Å²) in [5.74, 6) is 0.734. The van der Waals surface area contributed by atoms with Crippen LogP contribution in [0.1, 0.15) is 0 Å². The minimum atomic E-state index is 0.734. The van der Waals surface area contributed by atoms with E-state index in [1.165, 1.54) is 51.5 Å². The van der Waals surface area contributed by atoms with Crippen LogP contribution in [0.2, 0.25) is 0 Å². The minimum absolute atomic E-state index is 0.734. The Morgan fingerprint density at radius 2 is 0.841 bits per heavy atom. The summed E-state index contributed by atoms with van der Waals surface area (Å²) in [5.41, 5.74) is 7.41. The molecule has 9 aromatic rings. The van der Waals surface area contributed by atoms with E-state index in [1.807, 2.05) is 28.7 Å². The summed E-state index contributed by atoms with van der Waals surface area (Å²) < 4.78 is 5.14. The molecule has 4 heteroatoms. The zero-order valence-electron chi connectivity index (χ0n) is 23.6. The van der Waals surface area contributed by atoms with E-state index >= 15 is 0 Å². The zero-order valence-corrected chi connectivity index (χ0v) is 25.2. The van der Waals surface area contributed by atoms with Crippen LogP contribution in [0.5, 0.6) is 0 Å². The molecule has 0 fully saturated rings. The SMILES string of the molecule is c1ccc(-c2ccc(-c3cc(-c4ccc5c(c4)sc4ccccc45)nc(-c4ccc5sc6ccccc6c5c4)n3)cc2)cc1. The van der Waals surface area contributed by atoms with Crippen molar-refractivity contribution < 1.29 is 0 Å². The number of hydrogen-bond acceptors (Lipinski definition) is 4. The van der Waals surface area contributed by atoms with Crippen LogP contribution in [-0.4, -0.2) is 9.97 Å². The van der Waals surface area contributed by atoms with Gasteiger partial charge in [-0.2, -0.15) is 0 Å². The normalized spacial score (nSPS) is 11.6. The second-order valence-electron chi connectivity index (χ2n) is 11.0. The summed E-state index contributed by atoms with van der Waals surface area (Å²) in [6.45, 7) is 0. The number of fused-ring (bicyclic) bond motifs is 6. The molecule has 3 heterocycles. The fourth-order valence-electron chi connectivity index (χ4n) is 6.09. The Balaban J connectivity index is 1.22. The van der Waals surface area contributed by atoms with E-state index in [0.717, 1.165) is 33.9 Å². The summed E-state index contributed by atoms with van der Waals surface area (Å²) >= 11 is 3.66. The standard InChI is InChI=1S/C40H24N2S2/c1-2-8-25(9-3-1)26-14-16-27(17-15-26)34-24-35(28-18-20-32-30-10-4-6-12-36(30)44-39(32)23-28)42-40(41-34)29-19-21-38-33(22-29)31-11-5-7-13-37(31)43-38/h1-24H. The van der Waals surface area contributed by atoms with Crippen molar-refractivity contribution in [1.82, 2.24) is 9.97 Å². The quantitative estimate of drug-likeness (QED) is 0.202. The van der Waals surface area contributed by atoms with E-state index in [-0.39, 0.29) is 0 Å². The first-order valence-corrected chi connectivity index (χ1v) is 16.3. The average Bonchev–Trinajstić information content (AvgIpc) is 3.66. The van der Waals surface area contributed by atoms with Gasteiger partial charge in [-0.05, 0) is 53.6 Å². The Hall–Kier alpha value is -5.16. The molecule has 0 saturated heterocycles. The maximum Gasteiger partial charge on any atom is 0.160 e. The topological polar surface area (TPSA) is 25.8 Å². The third-order valence-corrected chi connectivity index (χ3v) is 10.6. The molecule has 0 saturated carbocycles.